The van der Waals surface area contributed by atoms with Crippen LogP contribution in [0.4, 0.5) is 5.69 Å². The lowest BCUT2D eigenvalue weighted by molar-refractivity contribution is 0.130. The standard InChI is InChI=1S/C15H16N2O/c1-12(14-9-5-6-10-15(14)16)17-18-11-13-7-3-2-4-8-13/h2-10H,11,16H2,1H3/b17-12+. The van der Waals surface area contributed by atoms with Gasteiger partial charge in [0, 0.05) is 11.3 Å². The third kappa shape index (κ3) is 3.10. The first-order chi connectivity index (χ1) is 8.77. The number of rotatable bonds is 4. The highest BCUT2D eigenvalue weighted by molar-refractivity contribution is 6.02. The molecule has 0 aromatic heterocycles. The Morgan fingerprint density at radius 2 is 1.72 bits per heavy atom. The second-order valence-electron chi connectivity index (χ2n) is 4.02. The Balaban J connectivity index is 2.00. The lowest BCUT2D eigenvalue weighted by Gasteiger charge is -2.05. The van der Waals surface area contributed by atoms with E-state index >= 15 is 0 Å². The second kappa shape index (κ2) is 5.87. The summed E-state index contributed by atoms with van der Waals surface area (Å²) in [7, 11) is 0. The molecule has 0 heterocycles. The first-order valence-electron chi connectivity index (χ1n) is 5.83. The third-order valence-electron chi connectivity index (χ3n) is 2.63. The summed E-state index contributed by atoms with van der Waals surface area (Å²) < 4.78 is 0. The minimum Gasteiger partial charge on any atom is -0.398 e. The van der Waals surface area contributed by atoms with E-state index in [2.05, 4.69) is 5.16 Å². The molecule has 0 aliphatic rings. The van der Waals surface area contributed by atoms with Gasteiger partial charge in [-0.2, -0.15) is 0 Å². The Morgan fingerprint density at radius 1 is 1.06 bits per heavy atom. The van der Waals surface area contributed by atoms with Crippen LogP contribution in [0.15, 0.2) is 59.8 Å². The van der Waals surface area contributed by atoms with Gasteiger partial charge < -0.3 is 10.6 Å². The number of nitrogens with zero attached hydrogens (tertiary/aromatic N) is 1. The average molecular weight is 240 g/mol. The van der Waals surface area contributed by atoms with E-state index in [0.29, 0.717) is 12.3 Å². The van der Waals surface area contributed by atoms with E-state index in [1.165, 1.54) is 0 Å². The van der Waals surface area contributed by atoms with Gasteiger partial charge in [0.15, 0.2) is 0 Å². The number of hydrogen-bond donors (Lipinski definition) is 1. The second-order valence-corrected chi connectivity index (χ2v) is 4.02. The number of oxime groups is 1. The van der Waals surface area contributed by atoms with E-state index in [9.17, 15) is 0 Å². The molecule has 2 N–H and O–H groups in total. The van der Waals surface area contributed by atoms with Gasteiger partial charge in [0.05, 0.1) is 5.71 Å². The van der Waals surface area contributed by atoms with Crippen LogP contribution >= 0.6 is 0 Å². The van der Waals surface area contributed by atoms with Crippen LogP contribution in [0, 0.1) is 0 Å². The lowest BCUT2D eigenvalue weighted by atomic mass is 10.1. The van der Waals surface area contributed by atoms with Crippen molar-refractivity contribution < 1.29 is 4.84 Å². The van der Waals surface area contributed by atoms with E-state index in [0.717, 1.165) is 16.8 Å². The number of nitrogen functional groups attached to an aromatic ring is 1. The highest BCUT2D eigenvalue weighted by Crippen LogP contribution is 2.12. The van der Waals surface area contributed by atoms with E-state index in [4.69, 9.17) is 10.6 Å². The maximum Gasteiger partial charge on any atom is 0.142 e. The van der Waals surface area contributed by atoms with Crippen LogP contribution in [0.1, 0.15) is 18.1 Å². The van der Waals surface area contributed by atoms with Crippen molar-refractivity contribution >= 4 is 11.4 Å². The highest BCUT2D eigenvalue weighted by Gasteiger charge is 2.01. The zero-order valence-corrected chi connectivity index (χ0v) is 10.3. The van der Waals surface area contributed by atoms with E-state index in [1.807, 2.05) is 61.5 Å². The molecule has 2 aromatic rings. The molecule has 0 saturated carbocycles. The maximum atomic E-state index is 5.87. The summed E-state index contributed by atoms with van der Waals surface area (Å²) in [5.41, 5.74) is 9.36. The molecule has 0 bridgehead atoms. The van der Waals surface area contributed by atoms with Crippen LogP contribution in [0.2, 0.25) is 0 Å². The van der Waals surface area contributed by atoms with Crippen molar-refractivity contribution in [1.29, 1.82) is 0 Å². The molecule has 0 aliphatic heterocycles. The smallest absolute Gasteiger partial charge is 0.142 e. The van der Waals surface area contributed by atoms with Crippen LogP contribution in [-0.4, -0.2) is 5.71 Å². The predicted octanol–water partition coefficient (Wildman–Crippen LogP) is 3.21. The fraction of sp³-hybridized carbons (Fsp3) is 0.133. The Labute approximate surface area is 107 Å². The van der Waals surface area contributed by atoms with Crippen molar-refractivity contribution in [2.75, 3.05) is 5.73 Å². The highest BCUT2D eigenvalue weighted by atomic mass is 16.6. The van der Waals surface area contributed by atoms with Gasteiger partial charge in [0.25, 0.3) is 0 Å². The van der Waals surface area contributed by atoms with Crippen molar-refractivity contribution in [3.8, 4) is 0 Å². The quantitative estimate of drug-likeness (QED) is 0.507. The molecule has 0 spiro atoms. The van der Waals surface area contributed by atoms with Crippen LogP contribution in [0.25, 0.3) is 0 Å². The van der Waals surface area contributed by atoms with Crippen molar-refractivity contribution in [3.63, 3.8) is 0 Å². The Kier molecular flexibility index (Phi) is 3.97. The molecule has 3 nitrogen and oxygen atoms in total. The molecule has 0 saturated heterocycles. The van der Waals surface area contributed by atoms with E-state index in [1.54, 1.807) is 0 Å². The third-order valence-corrected chi connectivity index (χ3v) is 2.63. The number of anilines is 1. The predicted molar refractivity (Wildman–Crippen MR) is 74.3 cm³/mol. The zero-order chi connectivity index (χ0) is 12.8. The molecule has 0 aliphatic carbocycles. The van der Waals surface area contributed by atoms with Crippen molar-refractivity contribution in [3.05, 3.63) is 65.7 Å². The van der Waals surface area contributed by atoms with Gasteiger partial charge in [-0.05, 0) is 18.6 Å². The number of benzene rings is 2. The van der Waals surface area contributed by atoms with Gasteiger partial charge in [0.1, 0.15) is 6.61 Å². The van der Waals surface area contributed by atoms with E-state index < -0.39 is 0 Å². The van der Waals surface area contributed by atoms with Gasteiger partial charge in [-0.3, -0.25) is 0 Å². The molecular weight excluding hydrogens is 224 g/mol. The van der Waals surface area contributed by atoms with Gasteiger partial charge in [-0.25, -0.2) is 0 Å². The monoisotopic (exact) mass is 240 g/mol. The summed E-state index contributed by atoms with van der Waals surface area (Å²) in [6.45, 7) is 2.35. The normalized spacial score (nSPS) is 11.3. The number of nitrogens with two attached hydrogens (primary N) is 1. The summed E-state index contributed by atoms with van der Waals surface area (Å²) in [6, 6.07) is 17.5. The fourth-order valence-electron chi connectivity index (χ4n) is 1.65. The summed E-state index contributed by atoms with van der Waals surface area (Å²) >= 11 is 0. The Morgan fingerprint density at radius 3 is 2.44 bits per heavy atom. The van der Waals surface area contributed by atoms with Gasteiger partial charge in [-0.1, -0.05) is 53.7 Å². The topological polar surface area (TPSA) is 47.6 Å². The molecule has 92 valence electrons. The maximum absolute atomic E-state index is 5.87. The summed E-state index contributed by atoms with van der Waals surface area (Å²) in [5, 5.41) is 4.09. The number of hydrogen-bond acceptors (Lipinski definition) is 3. The summed E-state index contributed by atoms with van der Waals surface area (Å²) in [6.07, 6.45) is 0. The minimum atomic E-state index is 0.463. The Hall–Kier alpha value is -2.29. The molecule has 0 amide bonds. The van der Waals surface area contributed by atoms with Gasteiger partial charge >= 0.3 is 0 Å². The van der Waals surface area contributed by atoms with Gasteiger partial charge in [0.2, 0.25) is 0 Å². The number of para-hydroxylation sites is 1. The molecular formula is C15H16N2O. The van der Waals surface area contributed by atoms with Crippen LogP contribution in [-0.2, 0) is 11.4 Å². The molecule has 18 heavy (non-hydrogen) atoms. The lowest BCUT2D eigenvalue weighted by Crippen LogP contribution is -2.01. The largest absolute Gasteiger partial charge is 0.398 e. The first kappa shape index (κ1) is 12.2. The first-order valence-corrected chi connectivity index (χ1v) is 5.83. The molecule has 2 aromatic carbocycles. The molecule has 2 rings (SSSR count). The molecule has 3 heteroatoms. The molecule has 0 fully saturated rings. The molecule has 0 atom stereocenters. The Bertz CT molecular complexity index is 535. The van der Waals surface area contributed by atoms with Gasteiger partial charge in [-0.15, -0.1) is 0 Å². The summed E-state index contributed by atoms with van der Waals surface area (Å²) in [4.78, 5) is 5.32. The molecule has 0 radical (unpaired) electrons. The van der Waals surface area contributed by atoms with Crippen LogP contribution < -0.4 is 5.73 Å². The van der Waals surface area contributed by atoms with E-state index in [-0.39, 0.29) is 0 Å². The fourth-order valence-corrected chi connectivity index (χ4v) is 1.65. The van der Waals surface area contributed by atoms with Crippen LogP contribution in [0.5, 0.6) is 0 Å². The zero-order valence-electron chi connectivity index (χ0n) is 10.3. The SMILES string of the molecule is C/C(=N\OCc1ccccc1)c1ccccc1N. The average Bonchev–Trinajstić information content (AvgIpc) is 2.40. The van der Waals surface area contributed by atoms with Crippen molar-refractivity contribution in [1.82, 2.24) is 0 Å². The van der Waals surface area contributed by atoms with Crippen molar-refractivity contribution in [2.24, 2.45) is 5.16 Å². The van der Waals surface area contributed by atoms with Crippen LogP contribution in [0.3, 0.4) is 0 Å². The molecule has 0 unspecified atom stereocenters. The summed E-state index contributed by atoms with van der Waals surface area (Å²) in [5.74, 6) is 0. The van der Waals surface area contributed by atoms with Crippen molar-refractivity contribution in [2.45, 2.75) is 13.5 Å². The minimum absolute atomic E-state index is 0.463.